The molecule has 1 saturated heterocycles. The summed E-state index contributed by atoms with van der Waals surface area (Å²) in [7, 11) is 2.16. The van der Waals surface area contributed by atoms with Crippen LogP contribution in [0.4, 0.5) is 0 Å². The maximum Gasteiger partial charge on any atom is 0.120 e. The number of rotatable bonds is 5. The molecular formula is C17H24N2O2. The van der Waals surface area contributed by atoms with Crippen molar-refractivity contribution < 1.29 is 9.47 Å². The molecule has 0 radical (unpaired) electrons. The highest BCUT2D eigenvalue weighted by Gasteiger charge is 2.17. The molecule has 1 aromatic carbocycles. The maximum atomic E-state index is 5.82. The van der Waals surface area contributed by atoms with Gasteiger partial charge in [0.1, 0.15) is 12.4 Å². The molecule has 1 aliphatic rings. The normalized spacial score (nSPS) is 15.6. The summed E-state index contributed by atoms with van der Waals surface area (Å²) in [5.74, 6) is 6.73. The number of ether oxygens (including phenoxy) is 2. The van der Waals surface area contributed by atoms with Gasteiger partial charge < -0.3 is 15.2 Å². The molecule has 2 N–H and O–H groups in total. The molecule has 0 bridgehead atoms. The Hall–Kier alpha value is -1.54. The molecular weight excluding hydrogens is 264 g/mol. The van der Waals surface area contributed by atoms with Crippen LogP contribution in [0.25, 0.3) is 0 Å². The van der Waals surface area contributed by atoms with Gasteiger partial charge in [0, 0.05) is 31.4 Å². The van der Waals surface area contributed by atoms with Crippen molar-refractivity contribution in [2.45, 2.75) is 18.9 Å². The van der Waals surface area contributed by atoms with Crippen LogP contribution in [0.15, 0.2) is 24.3 Å². The zero-order valence-corrected chi connectivity index (χ0v) is 12.7. The Morgan fingerprint density at radius 2 is 2.19 bits per heavy atom. The van der Waals surface area contributed by atoms with E-state index in [9.17, 15) is 0 Å². The number of nitrogens with zero attached hydrogens (tertiary/aromatic N) is 1. The number of hydrogen-bond donors (Lipinski definition) is 1. The lowest BCUT2D eigenvalue weighted by Crippen LogP contribution is -2.38. The number of likely N-dealkylation sites (N-methyl/N-ethyl adjacent to an activating group) is 1. The highest BCUT2D eigenvalue weighted by atomic mass is 16.5. The van der Waals surface area contributed by atoms with E-state index >= 15 is 0 Å². The van der Waals surface area contributed by atoms with Crippen LogP contribution < -0.4 is 10.5 Å². The lowest BCUT2D eigenvalue weighted by Gasteiger charge is -2.31. The third-order valence-electron chi connectivity index (χ3n) is 3.70. The average molecular weight is 288 g/mol. The van der Waals surface area contributed by atoms with Crippen LogP contribution in [0.5, 0.6) is 5.75 Å². The van der Waals surface area contributed by atoms with Gasteiger partial charge >= 0.3 is 0 Å². The monoisotopic (exact) mass is 288 g/mol. The van der Waals surface area contributed by atoms with Crippen LogP contribution in [0.2, 0.25) is 0 Å². The van der Waals surface area contributed by atoms with Gasteiger partial charge in [0.15, 0.2) is 0 Å². The largest absolute Gasteiger partial charge is 0.492 e. The van der Waals surface area contributed by atoms with Crippen LogP contribution in [-0.4, -0.2) is 50.9 Å². The summed E-state index contributed by atoms with van der Waals surface area (Å²) < 4.78 is 11.2. The predicted molar refractivity (Wildman–Crippen MR) is 84.3 cm³/mol. The molecule has 114 valence electrons. The van der Waals surface area contributed by atoms with Crippen molar-refractivity contribution in [3.8, 4) is 17.6 Å². The Balaban J connectivity index is 1.77. The summed E-state index contributed by atoms with van der Waals surface area (Å²) >= 11 is 0. The third-order valence-corrected chi connectivity index (χ3v) is 3.70. The van der Waals surface area contributed by atoms with Gasteiger partial charge in [-0.2, -0.15) is 0 Å². The second-order valence-electron chi connectivity index (χ2n) is 5.21. The van der Waals surface area contributed by atoms with E-state index in [1.165, 1.54) is 0 Å². The first-order valence-corrected chi connectivity index (χ1v) is 7.49. The van der Waals surface area contributed by atoms with Gasteiger partial charge in [-0.3, -0.25) is 4.90 Å². The van der Waals surface area contributed by atoms with Crippen molar-refractivity contribution in [3.63, 3.8) is 0 Å². The molecule has 0 spiro atoms. The van der Waals surface area contributed by atoms with E-state index in [0.717, 1.165) is 43.9 Å². The number of benzene rings is 1. The minimum Gasteiger partial charge on any atom is -0.492 e. The molecule has 0 atom stereocenters. The Kier molecular flexibility index (Phi) is 6.55. The van der Waals surface area contributed by atoms with Gasteiger partial charge in [-0.1, -0.05) is 17.9 Å². The minimum absolute atomic E-state index is 0.376. The van der Waals surface area contributed by atoms with E-state index in [1.807, 2.05) is 24.3 Å². The fourth-order valence-corrected chi connectivity index (χ4v) is 2.43. The predicted octanol–water partition coefficient (Wildman–Crippen LogP) is 1.49. The maximum absolute atomic E-state index is 5.82. The quantitative estimate of drug-likeness (QED) is 0.834. The van der Waals surface area contributed by atoms with Crippen LogP contribution in [0, 0.1) is 11.8 Å². The summed E-state index contributed by atoms with van der Waals surface area (Å²) in [6.45, 7) is 3.72. The van der Waals surface area contributed by atoms with E-state index in [4.69, 9.17) is 15.2 Å². The molecule has 1 heterocycles. The van der Waals surface area contributed by atoms with Gasteiger partial charge in [0.2, 0.25) is 0 Å². The molecule has 2 rings (SSSR count). The van der Waals surface area contributed by atoms with Crippen molar-refractivity contribution in [2.24, 2.45) is 5.73 Å². The molecule has 1 aromatic rings. The van der Waals surface area contributed by atoms with Crippen molar-refractivity contribution in [1.82, 2.24) is 4.90 Å². The van der Waals surface area contributed by atoms with E-state index in [1.54, 1.807) is 0 Å². The first-order chi connectivity index (χ1) is 10.3. The number of nitrogens with two attached hydrogens (primary N) is 1. The first kappa shape index (κ1) is 15.8. The Bertz CT molecular complexity index is 487. The third kappa shape index (κ3) is 5.39. The molecule has 0 aliphatic carbocycles. The second-order valence-corrected chi connectivity index (χ2v) is 5.21. The minimum atomic E-state index is 0.376. The summed E-state index contributed by atoms with van der Waals surface area (Å²) in [6, 6.07) is 8.45. The molecule has 1 fully saturated rings. The van der Waals surface area contributed by atoms with Crippen molar-refractivity contribution in [1.29, 1.82) is 0 Å². The molecule has 0 aromatic heterocycles. The lowest BCUT2D eigenvalue weighted by atomic mass is 10.1. The fraction of sp³-hybridized carbons (Fsp3) is 0.529. The summed E-state index contributed by atoms with van der Waals surface area (Å²) in [5, 5.41) is 0. The Morgan fingerprint density at radius 3 is 2.95 bits per heavy atom. The molecule has 0 saturated carbocycles. The van der Waals surface area contributed by atoms with Gasteiger partial charge in [-0.15, -0.1) is 0 Å². The first-order valence-electron chi connectivity index (χ1n) is 7.49. The summed E-state index contributed by atoms with van der Waals surface area (Å²) in [4.78, 5) is 2.36. The van der Waals surface area contributed by atoms with E-state index in [2.05, 4.69) is 23.8 Å². The SMILES string of the molecule is CN(CCOc1cccc(C#CCN)c1)C1CCOCC1. The van der Waals surface area contributed by atoms with E-state index in [-0.39, 0.29) is 0 Å². The summed E-state index contributed by atoms with van der Waals surface area (Å²) in [6.07, 6.45) is 2.22. The zero-order chi connectivity index (χ0) is 14.9. The number of hydrogen-bond acceptors (Lipinski definition) is 4. The van der Waals surface area contributed by atoms with Crippen LogP contribution in [0.3, 0.4) is 0 Å². The summed E-state index contributed by atoms with van der Waals surface area (Å²) in [5.41, 5.74) is 6.32. The van der Waals surface area contributed by atoms with Crippen LogP contribution in [-0.2, 0) is 4.74 Å². The standard InChI is InChI=1S/C17H24N2O2/c1-19(16-7-11-20-12-8-16)10-13-21-17-6-2-4-15(14-17)5-3-9-18/h2,4,6,14,16H,7-13,18H2,1H3. The van der Waals surface area contributed by atoms with Gasteiger partial charge in [0.25, 0.3) is 0 Å². The van der Waals surface area contributed by atoms with Gasteiger partial charge in [-0.25, -0.2) is 0 Å². The Labute approximate surface area is 127 Å². The molecule has 1 aliphatic heterocycles. The molecule has 0 amide bonds. The van der Waals surface area contributed by atoms with Gasteiger partial charge in [0.05, 0.1) is 6.54 Å². The molecule has 4 nitrogen and oxygen atoms in total. The van der Waals surface area contributed by atoms with Crippen LogP contribution >= 0.6 is 0 Å². The van der Waals surface area contributed by atoms with E-state index in [0.29, 0.717) is 19.2 Å². The molecule has 0 unspecified atom stereocenters. The van der Waals surface area contributed by atoms with E-state index < -0.39 is 0 Å². The molecule has 21 heavy (non-hydrogen) atoms. The Morgan fingerprint density at radius 1 is 1.38 bits per heavy atom. The topological polar surface area (TPSA) is 47.7 Å². The van der Waals surface area contributed by atoms with Crippen molar-refractivity contribution in [2.75, 3.05) is 40.0 Å². The molecule has 4 heteroatoms. The van der Waals surface area contributed by atoms with Crippen molar-refractivity contribution >= 4 is 0 Å². The lowest BCUT2D eigenvalue weighted by molar-refractivity contribution is 0.0392. The smallest absolute Gasteiger partial charge is 0.120 e. The van der Waals surface area contributed by atoms with Crippen molar-refractivity contribution in [3.05, 3.63) is 29.8 Å². The van der Waals surface area contributed by atoms with Gasteiger partial charge in [-0.05, 0) is 38.1 Å². The van der Waals surface area contributed by atoms with Crippen LogP contribution in [0.1, 0.15) is 18.4 Å². The average Bonchev–Trinajstić information content (AvgIpc) is 2.54. The fourth-order valence-electron chi connectivity index (χ4n) is 2.43. The zero-order valence-electron chi connectivity index (χ0n) is 12.7. The highest BCUT2D eigenvalue weighted by Crippen LogP contribution is 2.14. The highest BCUT2D eigenvalue weighted by molar-refractivity contribution is 5.39. The second kappa shape index (κ2) is 8.68.